The summed E-state index contributed by atoms with van der Waals surface area (Å²) in [6.07, 6.45) is 3.89. The van der Waals surface area contributed by atoms with Gasteiger partial charge >= 0.3 is 13.6 Å². The highest BCUT2D eigenvalue weighted by Crippen LogP contribution is 2.52. The second kappa shape index (κ2) is 10.3. The highest BCUT2D eigenvalue weighted by atomic mass is 31.2. The van der Waals surface area contributed by atoms with Crippen molar-refractivity contribution in [2.75, 3.05) is 6.66 Å². The van der Waals surface area contributed by atoms with Crippen LogP contribution in [-0.4, -0.2) is 23.5 Å². The van der Waals surface area contributed by atoms with Gasteiger partial charge in [0.15, 0.2) is 0 Å². The van der Waals surface area contributed by atoms with Gasteiger partial charge in [-0.25, -0.2) is 4.57 Å². The van der Waals surface area contributed by atoms with E-state index < -0.39 is 19.4 Å². The van der Waals surface area contributed by atoms with Crippen molar-refractivity contribution < 1.29 is 28.3 Å². The normalized spacial score (nSPS) is 13.5. The summed E-state index contributed by atoms with van der Waals surface area (Å²) >= 11 is 0. The van der Waals surface area contributed by atoms with Gasteiger partial charge < -0.3 is 14.4 Å². The molecule has 0 aliphatic carbocycles. The molecule has 1 N–H and O–H groups in total. The Morgan fingerprint density at radius 3 is 2.48 bits per heavy atom. The average molecular weight is 448 g/mol. The van der Waals surface area contributed by atoms with Gasteiger partial charge in [-0.05, 0) is 43.0 Å². The smallest absolute Gasteiger partial charge is 0.379 e. The van der Waals surface area contributed by atoms with E-state index in [0.29, 0.717) is 5.56 Å². The molecule has 0 fully saturated rings. The summed E-state index contributed by atoms with van der Waals surface area (Å²) in [7, 11) is -3.71. The van der Waals surface area contributed by atoms with Crippen LogP contribution in [0.15, 0.2) is 36.4 Å². The van der Waals surface area contributed by atoms with Crippen molar-refractivity contribution in [1.82, 2.24) is 0 Å². The molecule has 0 heterocycles. The van der Waals surface area contributed by atoms with Crippen LogP contribution in [0.3, 0.4) is 0 Å². The van der Waals surface area contributed by atoms with Crippen LogP contribution in [0.2, 0.25) is 0 Å². The number of hydrogen-bond donors (Lipinski definition) is 1. The average Bonchev–Trinajstić information content (AvgIpc) is 2.59. The Morgan fingerprint density at radius 2 is 1.87 bits per heavy atom. The first-order chi connectivity index (χ1) is 14.4. The van der Waals surface area contributed by atoms with E-state index >= 15 is 0 Å². The quantitative estimate of drug-likeness (QED) is 0.190. The van der Waals surface area contributed by atoms with Gasteiger partial charge in [-0.1, -0.05) is 49.6 Å². The molecule has 1 unspecified atom stereocenters. The minimum absolute atomic E-state index is 0.0499. The van der Waals surface area contributed by atoms with E-state index in [1.165, 1.54) is 27.4 Å². The molecule has 6 nitrogen and oxygen atoms in total. The van der Waals surface area contributed by atoms with E-state index in [4.69, 9.17) is 13.8 Å². The molecule has 2 aromatic carbocycles. The van der Waals surface area contributed by atoms with Crippen LogP contribution in [0.25, 0.3) is 11.1 Å². The maximum absolute atomic E-state index is 13.2. The minimum atomic E-state index is -3.71. The van der Waals surface area contributed by atoms with Crippen molar-refractivity contribution in [2.45, 2.75) is 66.1 Å². The number of carbonyl (C=O) groups is 1. The zero-order valence-corrected chi connectivity index (χ0v) is 20.1. The molecule has 170 valence electrons. The summed E-state index contributed by atoms with van der Waals surface area (Å²) in [6.45, 7) is 9.64. The number of aryl methyl sites for hydroxylation is 2. The number of rotatable bonds is 10. The first kappa shape index (κ1) is 25.0. The summed E-state index contributed by atoms with van der Waals surface area (Å²) in [5.41, 5.74) is 3.09. The lowest BCUT2D eigenvalue weighted by Crippen LogP contribution is -2.29. The van der Waals surface area contributed by atoms with Crippen molar-refractivity contribution in [3.63, 3.8) is 0 Å². The summed E-state index contributed by atoms with van der Waals surface area (Å²) in [4.78, 5) is 11.3. The van der Waals surface area contributed by atoms with Crippen LogP contribution in [0.5, 0.6) is 11.5 Å². The molecule has 0 bridgehead atoms. The van der Waals surface area contributed by atoms with E-state index in [1.807, 2.05) is 31.2 Å². The van der Waals surface area contributed by atoms with E-state index in [1.54, 1.807) is 12.1 Å². The van der Waals surface area contributed by atoms with Crippen molar-refractivity contribution in [3.05, 3.63) is 47.5 Å². The highest BCUT2D eigenvalue weighted by molar-refractivity contribution is 7.53. The summed E-state index contributed by atoms with van der Waals surface area (Å²) in [5.74, 6) is -1.67. The Hall–Kier alpha value is -2.30. The summed E-state index contributed by atoms with van der Waals surface area (Å²) in [6, 6.07) is 11.1. The van der Waals surface area contributed by atoms with Crippen LogP contribution >= 0.6 is 7.60 Å². The molecule has 2 rings (SSSR count). The highest BCUT2D eigenvalue weighted by Gasteiger charge is 2.34. The molecule has 0 aliphatic rings. The Kier molecular flexibility index (Phi) is 8.33. The fourth-order valence-electron chi connectivity index (χ4n) is 3.50. The molecule has 0 radical (unpaired) electrons. The van der Waals surface area contributed by atoms with Gasteiger partial charge in [-0.2, -0.15) is 0 Å². The van der Waals surface area contributed by atoms with Crippen LogP contribution in [0.1, 0.15) is 58.1 Å². The second-order valence-corrected chi connectivity index (χ2v) is 10.2. The summed E-state index contributed by atoms with van der Waals surface area (Å²) in [5, 5.41) is 10.8. The second-order valence-electron chi connectivity index (χ2n) is 8.26. The lowest BCUT2D eigenvalue weighted by molar-refractivity contribution is -0.184. The third kappa shape index (κ3) is 7.71. The number of phenolic OH excluding ortho intramolecular Hbond substituents is 1. The predicted octanol–water partition coefficient (Wildman–Crippen LogP) is 6.62. The Labute approximate surface area is 185 Å². The van der Waals surface area contributed by atoms with Gasteiger partial charge in [0.2, 0.25) is 5.79 Å². The fraction of sp³-hybridized carbons (Fsp3) is 0.458. The monoisotopic (exact) mass is 448 g/mol. The zero-order valence-electron chi connectivity index (χ0n) is 19.2. The van der Waals surface area contributed by atoms with Crippen molar-refractivity contribution in [3.8, 4) is 22.6 Å². The van der Waals surface area contributed by atoms with E-state index in [-0.39, 0.29) is 11.5 Å². The molecule has 0 amide bonds. The molecule has 7 heteroatoms. The Bertz CT molecular complexity index is 967. The fourth-order valence-corrected chi connectivity index (χ4v) is 4.88. The van der Waals surface area contributed by atoms with Crippen LogP contribution in [0.4, 0.5) is 0 Å². The maximum atomic E-state index is 13.2. The van der Waals surface area contributed by atoms with Gasteiger partial charge in [-0.15, -0.1) is 0 Å². The van der Waals surface area contributed by atoms with Gasteiger partial charge in [0.1, 0.15) is 11.5 Å². The number of unbranched alkanes of at least 4 members (excludes halogenated alkanes) is 2. The van der Waals surface area contributed by atoms with Crippen molar-refractivity contribution >= 4 is 13.6 Å². The number of ether oxygens (including phenoxy) is 1. The Balaban J connectivity index is 2.46. The molecule has 31 heavy (non-hydrogen) atoms. The van der Waals surface area contributed by atoms with E-state index in [2.05, 4.69) is 6.92 Å². The largest absolute Gasteiger partial charge is 0.507 e. The minimum Gasteiger partial charge on any atom is -0.507 e. The molecule has 0 aromatic heterocycles. The topological polar surface area (TPSA) is 82.1 Å². The standard InChI is InChI=1S/C24H33O6P/c1-7-8-9-12-19-15-21(26)23(20-13-10-11-17(2)14-20)22(16-19)29-31(6,27)30-24(4,5)28-18(3)25/h10-11,13-16,26H,7-9,12H2,1-6H3. The molecule has 2 aromatic rings. The third-order valence-corrected chi connectivity index (χ3v) is 5.86. The predicted molar refractivity (Wildman–Crippen MR) is 123 cm³/mol. The van der Waals surface area contributed by atoms with E-state index in [0.717, 1.165) is 42.4 Å². The van der Waals surface area contributed by atoms with Gasteiger partial charge in [0.25, 0.3) is 0 Å². The third-order valence-electron chi connectivity index (χ3n) is 4.56. The molecule has 1 atom stereocenters. The first-order valence-corrected chi connectivity index (χ1v) is 12.5. The molecule has 0 saturated heterocycles. The van der Waals surface area contributed by atoms with E-state index in [9.17, 15) is 14.5 Å². The van der Waals surface area contributed by atoms with Crippen molar-refractivity contribution in [2.24, 2.45) is 0 Å². The molecule has 0 saturated carbocycles. The molecular weight excluding hydrogens is 415 g/mol. The SMILES string of the molecule is CCCCCc1cc(O)c(-c2cccc(C)c2)c(OP(C)(=O)OC(C)(C)OC(C)=O)c1. The van der Waals surface area contributed by atoms with Crippen LogP contribution < -0.4 is 4.52 Å². The molecule has 0 spiro atoms. The molecule has 0 aliphatic heterocycles. The van der Waals surface area contributed by atoms with Crippen molar-refractivity contribution in [1.29, 1.82) is 0 Å². The summed E-state index contributed by atoms with van der Waals surface area (Å²) < 4.78 is 29.7. The molecular formula is C24H33O6P. The number of esters is 1. The maximum Gasteiger partial charge on any atom is 0.379 e. The number of phenols is 1. The number of aromatic hydroxyl groups is 1. The van der Waals surface area contributed by atoms with Gasteiger partial charge in [-0.3, -0.25) is 9.32 Å². The van der Waals surface area contributed by atoms with Crippen LogP contribution in [0, 0.1) is 6.92 Å². The first-order valence-electron chi connectivity index (χ1n) is 10.5. The van der Waals surface area contributed by atoms with Gasteiger partial charge in [0.05, 0.1) is 12.2 Å². The number of hydrogen-bond acceptors (Lipinski definition) is 6. The van der Waals surface area contributed by atoms with Crippen LogP contribution in [-0.2, 0) is 25.0 Å². The lowest BCUT2D eigenvalue weighted by Gasteiger charge is -2.28. The number of benzene rings is 2. The Morgan fingerprint density at radius 1 is 1.16 bits per heavy atom. The zero-order chi connectivity index (χ0) is 23.2. The number of carbonyl (C=O) groups excluding carboxylic acids is 1. The van der Waals surface area contributed by atoms with Gasteiger partial charge in [0, 0.05) is 20.8 Å². The lowest BCUT2D eigenvalue weighted by atomic mass is 9.98.